The Morgan fingerprint density at radius 3 is 2.45 bits per heavy atom. The first-order valence-electron chi connectivity index (χ1n) is 9.32. The number of hydrogen-bond acceptors (Lipinski definition) is 6. The van der Waals surface area contributed by atoms with Crippen LogP contribution in [0.4, 0.5) is 5.69 Å². The lowest BCUT2D eigenvalue weighted by atomic mass is 9.96. The fourth-order valence-corrected chi connectivity index (χ4v) is 3.01. The molecule has 8 heteroatoms. The van der Waals surface area contributed by atoms with Gasteiger partial charge in [0.15, 0.2) is 0 Å². The number of carbonyl (C=O) groups is 1. The number of aromatic nitrogens is 4. The number of ether oxygens (including phenoxy) is 2. The van der Waals surface area contributed by atoms with Crippen LogP contribution < -0.4 is 19.9 Å². The third-order valence-electron chi connectivity index (χ3n) is 4.73. The molecule has 0 radical (unpaired) electrons. The van der Waals surface area contributed by atoms with Gasteiger partial charge in [-0.1, -0.05) is 32.0 Å². The highest BCUT2D eigenvalue weighted by Crippen LogP contribution is 2.29. The van der Waals surface area contributed by atoms with E-state index in [-0.39, 0.29) is 11.7 Å². The molecule has 0 fully saturated rings. The van der Waals surface area contributed by atoms with E-state index in [9.17, 15) is 4.79 Å². The smallest absolute Gasteiger partial charge is 0.232 e. The van der Waals surface area contributed by atoms with E-state index in [1.165, 1.54) is 5.56 Å². The first-order chi connectivity index (χ1) is 14.0. The molecule has 0 aliphatic heterocycles. The summed E-state index contributed by atoms with van der Waals surface area (Å²) in [6, 6.07) is 13.2. The van der Waals surface area contributed by atoms with Gasteiger partial charge in [0.2, 0.25) is 5.91 Å². The third kappa shape index (κ3) is 4.90. The predicted molar refractivity (Wildman–Crippen MR) is 108 cm³/mol. The Kier molecular flexibility index (Phi) is 6.43. The number of nitrogens with one attached hydrogen (secondary N) is 1. The lowest BCUT2D eigenvalue weighted by Crippen LogP contribution is -2.24. The van der Waals surface area contributed by atoms with E-state index in [0.717, 1.165) is 5.56 Å². The van der Waals surface area contributed by atoms with E-state index >= 15 is 0 Å². The molecule has 1 N–H and O–H groups in total. The Bertz CT molecular complexity index is 939. The number of amides is 1. The quantitative estimate of drug-likeness (QED) is 0.627. The molecule has 8 nitrogen and oxygen atoms in total. The van der Waals surface area contributed by atoms with E-state index in [4.69, 9.17) is 9.47 Å². The van der Waals surface area contributed by atoms with Crippen LogP contribution in [0.2, 0.25) is 0 Å². The number of hydrogen-bond donors (Lipinski definition) is 1. The molecule has 0 saturated carbocycles. The van der Waals surface area contributed by atoms with Crippen molar-refractivity contribution in [3.05, 3.63) is 59.4 Å². The summed E-state index contributed by atoms with van der Waals surface area (Å²) in [5.74, 6) is 1.07. The van der Waals surface area contributed by atoms with Gasteiger partial charge in [-0.3, -0.25) is 15.1 Å². The molecule has 0 aliphatic rings. The Balaban J connectivity index is 1.83. The van der Waals surface area contributed by atoms with Crippen molar-refractivity contribution < 1.29 is 14.3 Å². The van der Waals surface area contributed by atoms with Crippen molar-refractivity contribution in [1.82, 2.24) is 20.6 Å². The second kappa shape index (κ2) is 9.18. The van der Waals surface area contributed by atoms with E-state index < -0.39 is 5.92 Å². The topological polar surface area (TPSA) is 100 Å². The van der Waals surface area contributed by atoms with Crippen LogP contribution >= 0.6 is 0 Å². The molecule has 0 unspecified atom stereocenters. The van der Waals surface area contributed by atoms with Gasteiger partial charge in [-0.25, -0.2) is 0 Å². The molecule has 3 rings (SSSR count). The van der Waals surface area contributed by atoms with Gasteiger partial charge in [0, 0.05) is 17.6 Å². The van der Waals surface area contributed by atoms with Crippen LogP contribution in [0.5, 0.6) is 11.5 Å². The zero-order chi connectivity index (χ0) is 20.8. The van der Waals surface area contributed by atoms with Crippen LogP contribution in [0.25, 0.3) is 0 Å². The first kappa shape index (κ1) is 20.3. The second-order valence-corrected chi connectivity index (χ2v) is 6.94. The van der Waals surface area contributed by atoms with Crippen molar-refractivity contribution in [2.45, 2.75) is 32.1 Å². The highest BCUT2D eigenvalue weighted by molar-refractivity contribution is 5.95. The molecule has 0 spiro atoms. The third-order valence-corrected chi connectivity index (χ3v) is 4.73. The maximum Gasteiger partial charge on any atom is 0.232 e. The molecule has 1 heterocycles. The minimum Gasteiger partial charge on any atom is -0.497 e. The highest BCUT2D eigenvalue weighted by Gasteiger charge is 2.23. The maximum atomic E-state index is 13.0. The number of nitrogens with zero attached hydrogens (tertiary/aromatic N) is 4. The normalized spacial score (nSPS) is 11.9. The number of rotatable bonds is 8. The van der Waals surface area contributed by atoms with Crippen molar-refractivity contribution in [1.29, 1.82) is 0 Å². The van der Waals surface area contributed by atoms with Crippen LogP contribution in [0, 0.1) is 0 Å². The van der Waals surface area contributed by atoms with Gasteiger partial charge >= 0.3 is 0 Å². The summed E-state index contributed by atoms with van der Waals surface area (Å²) in [5.41, 5.74) is 2.74. The van der Waals surface area contributed by atoms with Crippen molar-refractivity contribution >= 4 is 11.6 Å². The summed E-state index contributed by atoms with van der Waals surface area (Å²) in [4.78, 5) is 13.0. The van der Waals surface area contributed by atoms with Gasteiger partial charge in [-0.2, -0.15) is 5.21 Å². The first-order valence-corrected chi connectivity index (χ1v) is 9.32. The predicted octanol–water partition coefficient (Wildman–Crippen LogP) is 2.93. The number of methoxy groups -OCH3 is 2. The largest absolute Gasteiger partial charge is 0.497 e. The van der Waals surface area contributed by atoms with Gasteiger partial charge in [-0.05, 0) is 41.7 Å². The average molecular weight is 394 g/mol. The standard InChI is InChI=1S/C21H25N5O3/c1-13(2)14-5-8-16(9-6-14)22-21(27)18(20-23-25-26-24-20)11-15-7-10-17(28-3)12-19(15)29-4/h5-10,12-13,18H,11H2,1-4H3,(H2,22,23,24,25,26,27)/p-1/t18-/m0/s1. The van der Waals surface area contributed by atoms with Crippen molar-refractivity contribution in [3.8, 4) is 11.5 Å². The van der Waals surface area contributed by atoms with Crippen molar-refractivity contribution in [2.24, 2.45) is 0 Å². The Morgan fingerprint density at radius 2 is 1.86 bits per heavy atom. The van der Waals surface area contributed by atoms with Crippen LogP contribution in [0.15, 0.2) is 42.5 Å². The molecule has 0 saturated heterocycles. The number of benzene rings is 2. The lowest BCUT2D eigenvalue weighted by Gasteiger charge is -2.19. The van der Waals surface area contributed by atoms with Crippen LogP contribution in [0.3, 0.4) is 0 Å². The monoisotopic (exact) mass is 394 g/mol. The van der Waals surface area contributed by atoms with Crippen LogP contribution in [-0.2, 0) is 11.2 Å². The second-order valence-electron chi connectivity index (χ2n) is 6.94. The van der Waals surface area contributed by atoms with Crippen molar-refractivity contribution in [3.63, 3.8) is 0 Å². The Morgan fingerprint density at radius 1 is 1.10 bits per heavy atom. The fourth-order valence-electron chi connectivity index (χ4n) is 3.01. The summed E-state index contributed by atoms with van der Waals surface area (Å²) >= 11 is 0. The molecule has 1 amide bonds. The maximum absolute atomic E-state index is 13.0. The van der Waals surface area contributed by atoms with Gasteiger partial charge in [0.25, 0.3) is 0 Å². The van der Waals surface area contributed by atoms with E-state index in [2.05, 4.69) is 39.8 Å². The lowest BCUT2D eigenvalue weighted by molar-refractivity contribution is -0.117. The number of anilines is 1. The number of carbonyl (C=O) groups excluding carboxylic acids is 1. The summed E-state index contributed by atoms with van der Waals surface area (Å²) in [5, 5.41) is 17.8. The van der Waals surface area contributed by atoms with Crippen molar-refractivity contribution in [2.75, 3.05) is 19.5 Å². The van der Waals surface area contributed by atoms with E-state index in [1.807, 2.05) is 36.4 Å². The van der Waals surface area contributed by atoms with Crippen LogP contribution in [-0.4, -0.2) is 35.7 Å². The molecule has 1 aromatic heterocycles. The van der Waals surface area contributed by atoms with Gasteiger partial charge in [0.05, 0.1) is 20.1 Å². The SMILES string of the molecule is COc1ccc(C[C@H](C(=O)Nc2ccc(C(C)C)cc2)c2nnn[n-]2)c(OC)c1. The van der Waals surface area contributed by atoms with E-state index in [1.54, 1.807) is 20.3 Å². The fraction of sp³-hybridized carbons (Fsp3) is 0.333. The average Bonchev–Trinajstić information content (AvgIpc) is 3.26. The Hall–Kier alpha value is -3.42. The summed E-state index contributed by atoms with van der Waals surface area (Å²) < 4.78 is 10.7. The van der Waals surface area contributed by atoms with Gasteiger partial charge in [-0.15, -0.1) is 0 Å². The van der Waals surface area contributed by atoms with Gasteiger partial charge in [0.1, 0.15) is 11.5 Å². The minimum atomic E-state index is -0.669. The zero-order valence-electron chi connectivity index (χ0n) is 16.9. The summed E-state index contributed by atoms with van der Waals surface area (Å²) in [6.45, 7) is 4.25. The molecule has 29 heavy (non-hydrogen) atoms. The molecular weight excluding hydrogens is 370 g/mol. The number of tetrazole rings is 1. The molecule has 152 valence electrons. The highest BCUT2D eigenvalue weighted by atomic mass is 16.5. The minimum absolute atomic E-state index is 0.241. The zero-order valence-corrected chi connectivity index (χ0v) is 16.9. The van der Waals surface area contributed by atoms with E-state index in [0.29, 0.717) is 29.5 Å². The molecule has 0 bridgehead atoms. The molecule has 2 aromatic carbocycles. The molecular formula is C21H24N5O3-. The van der Waals surface area contributed by atoms with Crippen LogP contribution in [0.1, 0.15) is 42.6 Å². The Labute approximate surface area is 169 Å². The summed E-state index contributed by atoms with van der Waals surface area (Å²) in [7, 11) is 3.16. The van der Waals surface area contributed by atoms with Gasteiger partial charge < -0.3 is 19.9 Å². The molecule has 1 atom stereocenters. The summed E-state index contributed by atoms with van der Waals surface area (Å²) in [6.07, 6.45) is 0.330. The molecule has 0 aliphatic carbocycles. The molecule has 3 aromatic rings.